The number of carbonyl (C=O) groups excluding carboxylic acids is 3. The van der Waals surface area contributed by atoms with E-state index in [0.717, 1.165) is 22.4 Å². The number of anilines is 3. The van der Waals surface area contributed by atoms with Crippen LogP contribution in [-0.2, 0) is 44.2 Å². The molecule has 0 saturated carbocycles. The molecule has 0 aliphatic carbocycles. The zero-order valence-electron chi connectivity index (χ0n) is 29.6. The van der Waals surface area contributed by atoms with Crippen LogP contribution in [0.2, 0.25) is 23.7 Å². The molecule has 8 nitrogen and oxygen atoms in total. The highest BCUT2D eigenvalue weighted by Crippen LogP contribution is 2.60. The second-order valence-electron chi connectivity index (χ2n) is 14.6. The van der Waals surface area contributed by atoms with Gasteiger partial charge < -0.3 is 23.8 Å². The van der Waals surface area contributed by atoms with E-state index in [1.807, 2.05) is 85.8 Å². The Kier molecular flexibility index (Phi) is 9.86. The Labute approximate surface area is 309 Å². The minimum atomic E-state index is -3.55. The van der Waals surface area contributed by atoms with E-state index in [-0.39, 0.29) is 50.4 Å². The lowest BCUT2D eigenvalue weighted by Crippen LogP contribution is -2.45. The maximum absolute atomic E-state index is 16.5. The van der Waals surface area contributed by atoms with Crippen molar-refractivity contribution in [2.24, 2.45) is 5.92 Å². The molecular weight excluding hydrogens is 697 g/mol. The van der Waals surface area contributed by atoms with E-state index < -0.39 is 31.6 Å². The fraction of sp³-hybridized carbons (Fsp3) is 0.341. The highest BCUT2D eigenvalue weighted by molar-refractivity contribution is 6.72. The third kappa shape index (κ3) is 6.46. The Balaban J connectivity index is 1.21. The van der Waals surface area contributed by atoms with Gasteiger partial charge in [-0.2, -0.15) is 0 Å². The molecule has 1 spiro atoms. The molecule has 1 N–H and O–H groups in total. The first kappa shape index (κ1) is 36.0. The molecule has 1 fully saturated rings. The molecule has 7 rings (SSSR count). The number of ether oxygens (including phenoxy) is 1. The molecule has 3 aliphatic rings. The number of rotatable bonds is 10. The highest BCUT2D eigenvalue weighted by atomic mass is 35.5. The predicted molar refractivity (Wildman–Crippen MR) is 203 cm³/mol. The fourth-order valence-electron chi connectivity index (χ4n) is 8.58. The number of aliphatic hydroxyl groups is 1. The molecular formula is C41H43ClFN3O5Si. The van der Waals surface area contributed by atoms with Gasteiger partial charge in [0.1, 0.15) is 0 Å². The molecule has 3 aliphatic heterocycles. The summed E-state index contributed by atoms with van der Waals surface area (Å²) in [5.41, 5.74) is 3.29. The molecule has 0 bridgehead atoms. The largest absolute Gasteiger partial charge is 0.395 e. The number of fused-ring (bicyclic) bond motifs is 3. The van der Waals surface area contributed by atoms with Gasteiger partial charge in [-0.25, -0.2) is 0 Å². The maximum atomic E-state index is 16.5. The van der Waals surface area contributed by atoms with Crippen molar-refractivity contribution in [3.05, 3.63) is 124 Å². The van der Waals surface area contributed by atoms with Gasteiger partial charge in [0, 0.05) is 47.2 Å². The second kappa shape index (κ2) is 14.2. The third-order valence-corrected chi connectivity index (χ3v) is 13.5. The molecule has 0 radical (unpaired) electrons. The van der Waals surface area contributed by atoms with Crippen LogP contribution in [0.1, 0.15) is 42.0 Å². The Morgan fingerprint density at radius 3 is 2.44 bits per heavy atom. The van der Waals surface area contributed by atoms with Crippen molar-refractivity contribution in [3.8, 4) is 0 Å². The maximum Gasteiger partial charge on any atom is 0.264 e. The van der Waals surface area contributed by atoms with E-state index in [9.17, 15) is 19.5 Å². The second-order valence-corrected chi connectivity index (χ2v) is 18.8. The van der Waals surface area contributed by atoms with Crippen LogP contribution < -0.4 is 9.80 Å². The number of benzene rings is 4. The molecule has 0 unspecified atom stereocenters. The van der Waals surface area contributed by atoms with Crippen LogP contribution >= 0.6 is 11.6 Å². The Bertz CT molecular complexity index is 2010. The molecule has 1 saturated heterocycles. The van der Waals surface area contributed by atoms with Gasteiger partial charge in [0.05, 0.1) is 37.1 Å². The minimum Gasteiger partial charge on any atom is -0.395 e. The lowest BCUT2D eigenvalue weighted by molar-refractivity contribution is -0.150. The van der Waals surface area contributed by atoms with Gasteiger partial charge >= 0.3 is 0 Å². The van der Waals surface area contributed by atoms with E-state index in [4.69, 9.17) is 16.3 Å². The Morgan fingerprint density at radius 1 is 0.962 bits per heavy atom. The number of para-hydroxylation sites is 1. The smallest absolute Gasteiger partial charge is 0.264 e. The molecule has 4 atom stereocenters. The summed E-state index contributed by atoms with van der Waals surface area (Å²) in [5.74, 6) is -1.22. The van der Waals surface area contributed by atoms with Gasteiger partial charge in [-0.1, -0.05) is 79.2 Å². The average molecular weight is 740 g/mol. The summed E-state index contributed by atoms with van der Waals surface area (Å²) in [7, 11) is -3.55. The van der Waals surface area contributed by atoms with Crippen molar-refractivity contribution < 1.29 is 28.3 Å². The molecule has 11 heteroatoms. The van der Waals surface area contributed by atoms with Crippen LogP contribution in [0.3, 0.4) is 0 Å². The van der Waals surface area contributed by atoms with Crippen molar-refractivity contribution >= 4 is 54.8 Å². The van der Waals surface area contributed by atoms with Crippen LogP contribution in [0.4, 0.5) is 21.2 Å². The summed E-state index contributed by atoms with van der Waals surface area (Å²) in [4.78, 5) is 47.0. The predicted octanol–water partition coefficient (Wildman–Crippen LogP) is 7.68. The van der Waals surface area contributed by atoms with Gasteiger partial charge in [0.25, 0.3) is 5.91 Å². The number of nitrogens with zero attached hydrogens (tertiary/aromatic N) is 3. The van der Waals surface area contributed by atoms with Crippen molar-refractivity contribution in [2.75, 3.05) is 23.0 Å². The van der Waals surface area contributed by atoms with Crippen LogP contribution in [0.15, 0.2) is 97.1 Å². The van der Waals surface area contributed by atoms with Crippen LogP contribution in [0.5, 0.6) is 0 Å². The topological polar surface area (TPSA) is 90.4 Å². The van der Waals surface area contributed by atoms with Crippen LogP contribution in [-0.4, -0.2) is 55.4 Å². The standard InChI is InChI=1S/C41H43ClFN3O5Si/c1-27-39(52(2,3)43)36(24-38(49)44(20-21-47)25-28-10-5-4-6-11-28)51-41(27)33-23-31(42)17-18-35(33)45(40(41)50)26-29-12-9-14-32(22-29)46-34-15-8-7-13-30(34)16-19-37(46)48/h4-15,17-18,22-23,27,36,39,47H,16,19-21,24-26H2,1-3H3/t27-,36+,39-,41+/m0/s1. The van der Waals surface area contributed by atoms with Gasteiger partial charge in [0.15, 0.2) is 5.60 Å². The first-order valence-corrected chi connectivity index (χ1v) is 21.2. The number of halogens is 2. The fourth-order valence-corrected chi connectivity index (χ4v) is 11.2. The van der Waals surface area contributed by atoms with E-state index in [1.165, 1.54) is 0 Å². The highest BCUT2D eigenvalue weighted by Gasteiger charge is 2.67. The zero-order valence-corrected chi connectivity index (χ0v) is 31.4. The van der Waals surface area contributed by atoms with Gasteiger partial charge in [-0.15, -0.1) is 0 Å². The van der Waals surface area contributed by atoms with E-state index in [2.05, 4.69) is 0 Å². The Morgan fingerprint density at radius 2 is 1.69 bits per heavy atom. The van der Waals surface area contributed by atoms with E-state index >= 15 is 4.11 Å². The summed E-state index contributed by atoms with van der Waals surface area (Å²) in [6.45, 7) is 5.40. The van der Waals surface area contributed by atoms with Crippen molar-refractivity contribution in [1.82, 2.24) is 4.90 Å². The van der Waals surface area contributed by atoms with Gasteiger partial charge in [0.2, 0.25) is 20.2 Å². The van der Waals surface area contributed by atoms with Crippen LogP contribution in [0.25, 0.3) is 0 Å². The Hall–Kier alpha value is -4.35. The summed E-state index contributed by atoms with van der Waals surface area (Å²) in [6, 6.07) is 30.2. The summed E-state index contributed by atoms with van der Waals surface area (Å²) in [6.07, 6.45) is 0.0721. The molecule has 4 aromatic carbocycles. The lowest BCUT2D eigenvalue weighted by Gasteiger charge is -2.31. The SMILES string of the molecule is C[C@H]1[C@H]([Si](C)(C)F)[C@@H](CC(=O)N(CCO)Cc2ccccc2)O[C@]12C(=O)N(Cc1cccc(N3C(=O)CCc4ccccc43)c1)c1ccc(Cl)cc12. The lowest BCUT2D eigenvalue weighted by atomic mass is 9.82. The summed E-state index contributed by atoms with van der Waals surface area (Å²) < 4.78 is 23.3. The molecule has 3 heterocycles. The van der Waals surface area contributed by atoms with Gasteiger partial charge in [-0.05, 0) is 72.6 Å². The zero-order chi connectivity index (χ0) is 36.8. The van der Waals surface area contributed by atoms with Gasteiger partial charge in [-0.3, -0.25) is 19.3 Å². The minimum absolute atomic E-state index is 0.00572. The number of amides is 3. The molecule has 3 amide bonds. The number of aliphatic hydroxyl groups excluding tert-OH is 1. The summed E-state index contributed by atoms with van der Waals surface area (Å²) in [5, 5.41) is 10.2. The van der Waals surface area contributed by atoms with Crippen molar-refractivity contribution in [1.29, 1.82) is 0 Å². The third-order valence-electron chi connectivity index (χ3n) is 10.8. The summed E-state index contributed by atoms with van der Waals surface area (Å²) >= 11 is 6.58. The first-order valence-electron chi connectivity index (χ1n) is 17.8. The van der Waals surface area contributed by atoms with E-state index in [1.54, 1.807) is 46.0 Å². The molecule has 4 aromatic rings. The quantitative estimate of drug-likeness (QED) is 0.133. The van der Waals surface area contributed by atoms with Crippen molar-refractivity contribution in [3.63, 3.8) is 0 Å². The van der Waals surface area contributed by atoms with Crippen molar-refractivity contribution in [2.45, 2.75) is 69.6 Å². The van der Waals surface area contributed by atoms with Crippen LogP contribution in [0, 0.1) is 5.92 Å². The number of carbonyl (C=O) groups is 3. The first-order chi connectivity index (χ1) is 24.9. The normalized spacial score (nSPS) is 22.5. The number of hydrogen-bond donors (Lipinski definition) is 1. The molecule has 0 aromatic heterocycles. The molecule has 52 heavy (non-hydrogen) atoms. The monoisotopic (exact) mass is 739 g/mol. The van der Waals surface area contributed by atoms with E-state index in [0.29, 0.717) is 34.8 Å². The average Bonchev–Trinajstić information content (AvgIpc) is 3.54. The number of aryl methyl sites for hydroxylation is 1. The molecule has 270 valence electrons. The number of hydrogen-bond acceptors (Lipinski definition) is 5.